The van der Waals surface area contributed by atoms with Crippen LogP contribution in [0.25, 0.3) is 49.5 Å². The third-order valence-corrected chi connectivity index (χ3v) is 13.1. The molecule has 2 aromatic heterocycles. The van der Waals surface area contributed by atoms with E-state index in [9.17, 15) is 4.57 Å². The highest BCUT2D eigenvalue weighted by Gasteiger charge is 2.30. The number of rotatable bonds is 6. The zero-order valence-electron chi connectivity index (χ0n) is 27.6. The van der Waals surface area contributed by atoms with Gasteiger partial charge in [-0.15, -0.1) is 0 Å². The van der Waals surface area contributed by atoms with Gasteiger partial charge in [-0.25, -0.2) is 4.98 Å². The summed E-state index contributed by atoms with van der Waals surface area (Å²) in [5, 5.41) is 5.80. The van der Waals surface area contributed by atoms with E-state index in [2.05, 4.69) is 104 Å². The van der Waals surface area contributed by atoms with Gasteiger partial charge in [-0.2, -0.15) is 0 Å². The predicted molar refractivity (Wildman–Crippen MR) is 209 cm³/mol. The molecule has 3 nitrogen and oxygen atoms in total. The number of para-hydroxylation sites is 1. The molecule has 4 heteroatoms. The second kappa shape index (κ2) is 12.3. The molecule has 0 amide bonds. The van der Waals surface area contributed by atoms with Gasteiger partial charge in [0.05, 0.1) is 5.52 Å². The minimum absolute atomic E-state index is 0.167. The topological polar surface area (TPSA) is 43.1 Å². The average Bonchev–Trinajstić information content (AvgIpc) is 3.58. The van der Waals surface area contributed by atoms with Crippen molar-refractivity contribution in [3.8, 4) is 11.1 Å². The molecule has 6 aromatic carbocycles. The molecule has 1 aliphatic carbocycles. The first kappa shape index (κ1) is 30.3. The van der Waals surface area contributed by atoms with E-state index in [1.54, 1.807) is 0 Å². The van der Waals surface area contributed by atoms with E-state index < -0.39 is 7.14 Å². The van der Waals surface area contributed by atoms with Crippen molar-refractivity contribution in [3.63, 3.8) is 0 Å². The third-order valence-electron chi connectivity index (χ3n) is 10.1. The Morgan fingerprint density at radius 3 is 1.92 bits per heavy atom. The Bertz CT molecular complexity index is 2580. The molecule has 9 rings (SSSR count). The van der Waals surface area contributed by atoms with Gasteiger partial charge in [-0.05, 0) is 40.8 Å². The molecule has 8 aromatic rings. The number of hydrogen-bond donors (Lipinski definition) is 0. The Balaban J connectivity index is 1.09. The lowest BCUT2D eigenvalue weighted by molar-refractivity contribution is 0.592. The monoisotopic (exact) mass is 663 g/mol. The van der Waals surface area contributed by atoms with Crippen molar-refractivity contribution in [1.29, 1.82) is 0 Å². The Hall–Kier alpha value is -5.76. The molecular formula is C46H34NO2P. The van der Waals surface area contributed by atoms with E-state index in [1.807, 2.05) is 78.9 Å². The molecule has 50 heavy (non-hydrogen) atoms. The Kier molecular flexibility index (Phi) is 7.45. The molecule has 2 atom stereocenters. The number of furan rings is 1. The zero-order chi connectivity index (χ0) is 33.7. The van der Waals surface area contributed by atoms with E-state index in [-0.39, 0.29) is 11.8 Å². The molecule has 0 saturated carbocycles. The van der Waals surface area contributed by atoms with Gasteiger partial charge in [0.1, 0.15) is 11.3 Å². The van der Waals surface area contributed by atoms with Crippen molar-refractivity contribution < 1.29 is 8.98 Å². The molecule has 2 unspecified atom stereocenters. The van der Waals surface area contributed by atoms with Gasteiger partial charge in [0.15, 0.2) is 12.7 Å². The number of aromatic nitrogens is 1. The van der Waals surface area contributed by atoms with Crippen molar-refractivity contribution in [2.45, 2.75) is 12.8 Å². The minimum Gasteiger partial charge on any atom is -0.454 e. The third kappa shape index (κ3) is 5.05. The number of allylic oxidation sites excluding steroid dienone is 4. The van der Waals surface area contributed by atoms with Crippen LogP contribution in [-0.4, -0.2) is 4.98 Å². The van der Waals surface area contributed by atoms with Crippen molar-refractivity contribution in [2.75, 3.05) is 0 Å². The van der Waals surface area contributed by atoms with E-state index in [4.69, 9.17) is 9.40 Å². The maximum absolute atomic E-state index is 14.9. The van der Waals surface area contributed by atoms with Gasteiger partial charge in [0, 0.05) is 43.6 Å². The molecular weight excluding hydrogens is 629 g/mol. The second-order valence-corrected chi connectivity index (χ2v) is 15.9. The highest BCUT2D eigenvalue weighted by atomic mass is 31.2. The standard InChI is InChI=1S/C46H34NO2P/c1-31-29-35(23-27-39(31)33-21-25-38(26-22-33)50(48,36-15-7-3-8-16-36)37-17-9-4-10-18-37)45-46-44(40-19-11-12-20-43(40)49-46)41-30-34(24-28-42(41)47-45)32-13-5-2-6-14-32/h2-31,39H,1H3. The normalized spacial score (nSPS) is 16.2. The SMILES string of the molecule is CC1C=C(c2nc3ccc(-c4ccccc4)cc3c3c2oc2ccccc23)C=CC1c1ccc(P(=O)(c2ccccc2)c2ccccc2)cc1. The Morgan fingerprint density at radius 1 is 0.620 bits per heavy atom. The summed E-state index contributed by atoms with van der Waals surface area (Å²) in [4.78, 5) is 5.24. The second-order valence-electron chi connectivity index (χ2n) is 13.1. The summed E-state index contributed by atoms with van der Waals surface area (Å²) in [5.74, 6) is 0.369. The first-order valence-electron chi connectivity index (χ1n) is 17.1. The summed E-state index contributed by atoms with van der Waals surface area (Å²) < 4.78 is 21.5. The Morgan fingerprint density at radius 2 is 1.24 bits per heavy atom. The maximum atomic E-state index is 14.9. The number of pyridine rings is 1. The van der Waals surface area contributed by atoms with Crippen LogP contribution in [0, 0.1) is 5.92 Å². The summed E-state index contributed by atoms with van der Waals surface area (Å²) in [5.41, 5.74) is 8.05. The van der Waals surface area contributed by atoms with Gasteiger partial charge in [-0.1, -0.05) is 165 Å². The van der Waals surface area contributed by atoms with Crippen molar-refractivity contribution in [3.05, 3.63) is 187 Å². The molecule has 240 valence electrons. The van der Waals surface area contributed by atoms with E-state index in [0.717, 1.165) is 65.6 Å². The molecule has 0 fully saturated rings. The smallest absolute Gasteiger partial charge is 0.171 e. The predicted octanol–water partition coefficient (Wildman–Crippen LogP) is 10.8. The lowest BCUT2D eigenvalue weighted by atomic mass is 9.81. The molecule has 0 aliphatic heterocycles. The fourth-order valence-electron chi connectivity index (χ4n) is 7.52. The highest BCUT2D eigenvalue weighted by Crippen LogP contribution is 2.44. The summed E-state index contributed by atoms with van der Waals surface area (Å²) in [7, 11) is -3.03. The van der Waals surface area contributed by atoms with E-state index in [0.29, 0.717) is 0 Å². The van der Waals surface area contributed by atoms with E-state index >= 15 is 0 Å². The quantitative estimate of drug-likeness (QED) is 0.166. The van der Waals surface area contributed by atoms with Crippen LogP contribution in [-0.2, 0) is 4.57 Å². The number of fused-ring (bicyclic) bond motifs is 5. The zero-order valence-corrected chi connectivity index (χ0v) is 28.5. The molecule has 0 saturated heterocycles. The largest absolute Gasteiger partial charge is 0.454 e. The van der Waals surface area contributed by atoms with Crippen LogP contribution in [0.4, 0.5) is 0 Å². The summed E-state index contributed by atoms with van der Waals surface area (Å²) in [6.07, 6.45) is 6.79. The molecule has 2 heterocycles. The van der Waals surface area contributed by atoms with Crippen molar-refractivity contribution in [1.82, 2.24) is 4.98 Å². The Labute approximate surface area is 291 Å². The number of nitrogens with zero attached hydrogens (tertiary/aromatic N) is 1. The van der Waals surface area contributed by atoms with Crippen LogP contribution in [0.3, 0.4) is 0 Å². The summed E-state index contributed by atoms with van der Waals surface area (Å²) in [6.45, 7) is 2.25. The number of benzene rings is 6. The molecule has 0 radical (unpaired) electrons. The molecule has 1 aliphatic rings. The number of hydrogen-bond acceptors (Lipinski definition) is 3. The molecule has 0 N–H and O–H groups in total. The maximum Gasteiger partial charge on any atom is 0.171 e. The molecule has 0 spiro atoms. The average molecular weight is 664 g/mol. The summed E-state index contributed by atoms with van der Waals surface area (Å²) >= 11 is 0. The first-order valence-corrected chi connectivity index (χ1v) is 18.8. The van der Waals surface area contributed by atoms with Crippen LogP contribution in [0.5, 0.6) is 0 Å². The van der Waals surface area contributed by atoms with Crippen molar-refractivity contribution in [2.24, 2.45) is 5.92 Å². The fourth-order valence-corrected chi connectivity index (χ4v) is 10.2. The van der Waals surface area contributed by atoms with Gasteiger partial charge in [0.2, 0.25) is 0 Å². The minimum atomic E-state index is -3.03. The van der Waals surface area contributed by atoms with Crippen molar-refractivity contribution >= 4 is 61.5 Å². The van der Waals surface area contributed by atoms with Crippen LogP contribution in [0.1, 0.15) is 24.1 Å². The lowest BCUT2D eigenvalue weighted by Crippen LogP contribution is -2.25. The first-order chi connectivity index (χ1) is 24.6. The van der Waals surface area contributed by atoms with Crippen LogP contribution in [0.2, 0.25) is 0 Å². The van der Waals surface area contributed by atoms with Gasteiger partial charge < -0.3 is 8.98 Å². The highest BCUT2D eigenvalue weighted by molar-refractivity contribution is 7.85. The van der Waals surface area contributed by atoms with Crippen LogP contribution in [0.15, 0.2) is 180 Å². The summed E-state index contributed by atoms with van der Waals surface area (Å²) in [6, 6.07) is 53.4. The molecule has 0 bridgehead atoms. The van der Waals surface area contributed by atoms with Gasteiger partial charge in [-0.3, -0.25) is 0 Å². The van der Waals surface area contributed by atoms with Crippen LogP contribution < -0.4 is 15.9 Å². The van der Waals surface area contributed by atoms with E-state index in [1.165, 1.54) is 11.1 Å². The van der Waals surface area contributed by atoms with Gasteiger partial charge >= 0.3 is 0 Å². The van der Waals surface area contributed by atoms with Gasteiger partial charge in [0.25, 0.3) is 0 Å². The fraction of sp³-hybridized carbons (Fsp3) is 0.0652. The van der Waals surface area contributed by atoms with Crippen LogP contribution >= 0.6 is 7.14 Å². The lowest BCUT2D eigenvalue weighted by Gasteiger charge is -2.25.